The molecule has 4 nitrogen and oxygen atoms in total. The molecule has 0 aliphatic rings. The van der Waals surface area contributed by atoms with E-state index in [1.165, 1.54) is 19.2 Å². The number of imidazole rings is 1. The van der Waals surface area contributed by atoms with Gasteiger partial charge >= 0.3 is 5.97 Å². The number of carbonyl (C=O) groups is 1. The molecule has 0 bridgehead atoms. The molecule has 0 aliphatic heterocycles. The van der Waals surface area contributed by atoms with Gasteiger partial charge in [0.2, 0.25) is 0 Å². The fraction of sp³-hybridized carbons (Fsp3) is 0.385. The van der Waals surface area contributed by atoms with Gasteiger partial charge in [-0.05, 0) is 36.3 Å². The van der Waals surface area contributed by atoms with Gasteiger partial charge in [0.25, 0.3) is 0 Å². The van der Waals surface area contributed by atoms with E-state index in [1.807, 2.05) is 13.8 Å². The van der Waals surface area contributed by atoms with Gasteiger partial charge in [-0.1, -0.05) is 13.8 Å². The van der Waals surface area contributed by atoms with E-state index >= 15 is 0 Å². The third-order valence-electron chi connectivity index (χ3n) is 3.03. The predicted molar refractivity (Wildman–Crippen MR) is 73.0 cm³/mol. The van der Waals surface area contributed by atoms with Gasteiger partial charge in [0.05, 0.1) is 18.1 Å². The van der Waals surface area contributed by atoms with Gasteiger partial charge in [0, 0.05) is 0 Å². The summed E-state index contributed by atoms with van der Waals surface area (Å²) < 4.78 is 20.2. The lowest BCUT2D eigenvalue weighted by atomic mass is 10.0. The Balaban J connectivity index is 2.72. The zero-order valence-corrected chi connectivity index (χ0v) is 11.8. The Hall–Kier alpha value is -1.69. The van der Waals surface area contributed by atoms with Crippen molar-refractivity contribution in [2.75, 3.05) is 7.11 Å². The molecule has 6 heteroatoms. The molecule has 1 aromatic heterocycles. The number of aromatic nitrogens is 2. The Morgan fingerprint density at radius 2 is 2.16 bits per heavy atom. The largest absolute Gasteiger partial charge is 0.467 e. The molecule has 0 amide bonds. The van der Waals surface area contributed by atoms with Crippen molar-refractivity contribution in [1.29, 1.82) is 0 Å². The number of carbonyl (C=O) groups excluding carboxylic acids is 1. The highest BCUT2D eigenvalue weighted by molar-refractivity contribution is 7.71. The predicted octanol–water partition coefficient (Wildman–Crippen LogP) is 3.21. The van der Waals surface area contributed by atoms with Crippen molar-refractivity contribution in [3.8, 4) is 0 Å². The van der Waals surface area contributed by atoms with Crippen LogP contribution in [0.2, 0.25) is 0 Å². The normalized spacial score (nSPS) is 12.9. The lowest BCUT2D eigenvalue weighted by Gasteiger charge is -2.20. The second kappa shape index (κ2) is 5.13. The van der Waals surface area contributed by atoms with E-state index in [-0.39, 0.29) is 11.7 Å². The van der Waals surface area contributed by atoms with Crippen molar-refractivity contribution in [3.63, 3.8) is 0 Å². The lowest BCUT2D eigenvalue weighted by Crippen LogP contribution is -2.25. The SMILES string of the molecule is COC(=O)C(C(C)C)n1c(=S)[nH]c2ccc(F)cc21. The van der Waals surface area contributed by atoms with Gasteiger partial charge in [-0.15, -0.1) is 0 Å². The summed E-state index contributed by atoms with van der Waals surface area (Å²) in [7, 11) is 1.33. The molecule has 0 fully saturated rings. The van der Waals surface area contributed by atoms with Gasteiger partial charge in [-0.25, -0.2) is 9.18 Å². The van der Waals surface area contributed by atoms with Crippen LogP contribution in [0.25, 0.3) is 11.0 Å². The zero-order valence-electron chi connectivity index (χ0n) is 10.9. The number of H-pyrrole nitrogens is 1. The molecule has 2 rings (SSSR count). The van der Waals surface area contributed by atoms with Crippen molar-refractivity contribution in [2.24, 2.45) is 5.92 Å². The number of hydrogen-bond donors (Lipinski definition) is 1. The van der Waals surface area contributed by atoms with Crippen molar-refractivity contribution in [1.82, 2.24) is 9.55 Å². The smallest absolute Gasteiger partial charge is 0.329 e. The Morgan fingerprint density at radius 1 is 1.47 bits per heavy atom. The maximum Gasteiger partial charge on any atom is 0.329 e. The van der Waals surface area contributed by atoms with Crippen LogP contribution in [0.15, 0.2) is 18.2 Å². The van der Waals surface area contributed by atoms with Crippen LogP contribution in [0, 0.1) is 16.5 Å². The number of nitrogens with one attached hydrogen (secondary N) is 1. The molecule has 2 aromatic rings. The van der Waals surface area contributed by atoms with Gasteiger partial charge in [-0.3, -0.25) is 0 Å². The number of benzene rings is 1. The Kier molecular flexibility index (Phi) is 3.71. The Labute approximate surface area is 115 Å². The topological polar surface area (TPSA) is 47.0 Å². The van der Waals surface area contributed by atoms with E-state index in [4.69, 9.17) is 17.0 Å². The minimum atomic E-state index is -0.576. The molecule has 0 aliphatic carbocycles. The van der Waals surface area contributed by atoms with E-state index in [1.54, 1.807) is 10.6 Å². The lowest BCUT2D eigenvalue weighted by molar-refractivity contribution is -0.145. The molecular formula is C13H15FN2O2S. The van der Waals surface area contributed by atoms with Gasteiger partial charge in [0.15, 0.2) is 4.77 Å². The fourth-order valence-corrected chi connectivity index (χ4v) is 2.49. The number of rotatable bonds is 3. The zero-order chi connectivity index (χ0) is 14.2. The second-order valence-corrected chi connectivity index (χ2v) is 5.06. The van der Waals surface area contributed by atoms with Gasteiger partial charge in [0.1, 0.15) is 11.9 Å². The first-order valence-corrected chi connectivity index (χ1v) is 6.34. The highest BCUT2D eigenvalue weighted by atomic mass is 32.1. The molecule has 1 aromatic carbocycles. The fourth-order valence-electron chi connectivity index (χ4n) is 2.17. The van der Waals surface area contributed by atoms with Crippen molar-refractivity contribution in [2.45, 2.75) is 19.9 Å². The molecule has 1 atom stereocenters. The molecule has 0 saturated carbocycles. The number of aromatic amines is 1. The summed E-state index contributed by atoms with van der Waals surface area (Å²) in [5.74, 6) is -0.791. The number of hydrogen-bond acceptors (Lipinski definition) is 3. The number of ether oxygens (including phenoxy) is 1. The van der Waals surface area contributed by atoms with Crippen molar-refractivity contribution in [3.05, 3.63) is 28.8 Å². The van der Waals surface area contributed by atoms with Crippen LogP contribution in [0.5, 0.6) is 0 Å². The Morgan fingerprint density at radius 3 is 2.74 bits per heavy atom. The molecular weight excluding hydrogens is 267 g/mol. The second-order valence-electron chi connectivity index (χ2n) is 4.67. The average molecular weight is 282 g/mol. The summed E-state index contributed by atoms with van der Waals surface area (Å²) in [6.45, 7) is 3.78. The third-order valence-corrected chi connectivity index (χ3v) is 3.33. The first-order valence-electron chi connectivity index (χ1n) is 5.93. The highest BCUT2D eigenvalue weighted by Crippen LogP contribution is 2.26. The van der Waals surface area contributed by atoms with E-state index in [0.29, 0.717) is 15.8 Å². The van der Waals surface area contributed by atoms with E-state index in [9.17, 15) is 9.18 Å². The molecule has 102 valence electrons. The summed E-state index contributed by atoms with van der Waals surface area (Å²) in [4.78, 5) is 14.9. The van der Waals surface area contributed by atoms with Crippen molar-refractivity contribution < 1.29 is 13.9 Å². The van der Waals surface area contributed by atoms with Crippen LogP contribution in [-0.4, -0.2) is 22.6 Å². The number of halogens is 1. The van der Waals surface area contributed by atoms with Crippen LogP contribution in [-0.2, 0) is 9.53 Å². The first kappa shape index (κ1) is 13.7. The quantitative estimate of drug-likeness (QED) is 0.694. The van der Waals surface area contributed by atoms with E-state index in [0.717, 1.165) is 0 Å². The molecule has 1 N–H and O–H groups in total. The minimum absolute atomic E-state index is 0.0265. The van der Waals surface area contributed by atoms with Crippen LogP contribution < -0.4 is 0 Å². The summed E-state index contributed by atoms with van der Waals surface area (Å²) in [5.41, 5.74) is 1.26. The molecule has 0 radical (unpaired) electrons. The summed E-state index contributed by atoms with van der Waals surface area (Å²) in [5, 5.41) is 0. The van der Waals surface area contributed by atoms with Crippen LogP contribution >= 0.6 is 12.2 Å². The standard InChI is InChI=1S/C13H15FN2O2S/c1-7(2)11(12(17)18-3)16-10-6-8(14)4-5-9(10)15-13(16)19/h4-7,11H,1-3H3,(H,15,19). The molecule has 1 unspecified atom stereocenters. The summed E-state index contributed by atoms with van der Waals surface area (Å²) >= 11 is 5.24. The Bertz CT molecular complexity index is 675. The minimum Gasteiger partial charge on any atom is -0.467 e. The van der Waals surface area contributed by atoms with Gasteiger partial charge in [-0.2, -0.15) is 0 Å². The molecule has 19 heavy (non-hydrogen) atoms. The van der Waals surface area contributed by atoms with Crippen LogP contribution in [0.1, 0.15) is 19.9 Å². The van der Waals surface area contributed by atoms with Crippen LogP contribution in [0.3, 0.4) is 0 Å². The van der Waals surface area contributed by atoms with Crippen molar-refractivity contribution >= 4 is 29.2 Å². The maximum atomic E-state index is 13.4. The first-order chi connectivity index (χ1) is 8.95. The molecule has 0 spiro atoms. The average Bonchev–Trinajstić information content (AvgIpc) is 2.66. The highest BCUT2D eigenvalue weighted by Gasteiger charge is 2.27. The maximum absolute atomic E-state index is 13.4. The number of fused-ring (bicyclic) bond motifs is 1. The summed E-state index contributed by atoms with van der Waals surface area (Å²) in [6, 6.07) is 3.74. The third kappa shape index (κ3) is 2.40. The summed E-state index contributed by atoms with van der Waals surface area (Å²) in [6.07, 6.45) is 0. The number of methoxy groups -OCH3 is 1. The van der Waals surface area contributed by atoms with Gasteiger partial charge < -0.3 is 14.3 Å². The molecule has 0 saturated heterocycles. The van der Waals surface area contributed by atoms with E-state index < -0.39 is 12.0 Å². The monoisotopic (exact) mass is 282 g/mol. The van der Waals surface area contributed by atoms with Crippen LogP contribution in [0.4, 0.5) is 4.39 Å². The number of esters is 1. The molecule has 1 heterocycles. The number of nitrogens with zero attached hydrogens (tertiary/aromatic N) is 1. The van der Waals surface area contributed by atoms with E-state index in [2.05, 4.69) is 4.98 Å².